The normalized spacial score (nSPS) is 22.4. The van der Waals surface area contributed by atoms with Gasteiger partial charge in [0.2, 0.25) is 0 Å². The number of likely N-dealkylation sites (tertiary alicyclic amines) is 1. The highest BCUT2D eigenvalue weighted by Gasteiger charge is 2.29. The fourth-order valence-electron chi connectivity index (χ4n) is 3.16. The Morgan fingerprint density at radius 3 is 2.73 bits per heavy atom. The molecule has 22 heavy (non-hydrogen) atoms. The van der Waals surface area contributed by atoms with Gasteiger partial charge in [-0.05, 0) is 61.7 Å². The van der Waals surface area contributed by atoms with Gasteiger partial charge in [-0.3, -0.25) is 4.90 Å². The zero-order valence-corrected chi connectivity index (χ0v) is 13.1. The summed E-state index contributed by atoms with van der Waals surface area (Å²) >= 11 is 0. The van der Waals surface area contributed by atoms with Gasteiger partial charge in [-0.1, -0.05) is 18.2 Å². The van der Waals surface area contributed by atoms with E-state index in [-0.39, 0.29) is 12.1 Å². The van der Waals surface area contributed by atoms with E-state index in [2.05, 4.69) is 27.3 Å². The van der Waals surface area contributed by atoms with E-state index in [4.69, 9.17) is 0 Å². The number of benzene rings is 1. The molecule has 6 heteroatoms. The molecule has 2 aromatic rings. The van der Waals surface area contributed by atoms with Crippen LogP contribution in [0.3, 0.4) is 0 Å². The van der Waals surface area contributed by atoms with Gasteiger partial charge in [0.05, 0.1) is 17.8 Å². The fraction of sp³-hybridized carbons (Fsp3) is 0.562. The van der Waals surface area contributed by atoms with Crippen molar-refractivity contribution in [1.82, 2.24) is 25.1 Å². The molecule has 118 valence electrons. The zero-order valence-electron chi connectivity index (χ0n) is 13.1. The van der Waals surface area contributed by atoms with Gasteiger partial charge in [-0.2, -0.15) is 4.68 Å². The minimum Gasteiger partial charge on any atom is -0.393 e. The van der Waals surface area contributed by atoms with Gasteiger partial charge in [-0.15, -0.1) is 5.10 Å². The van der Waals surface area contributed by atoms with E-state index in [0.29, 0.717) is 5.92 Å². The third-order valence-corrected chi connectivity index (χ3v) is 4.59. The number of hydrogen-bond acceptors (Lipinski definition) is 5. The van der Waals surface area contributed by atoms with Crippen LogP contribution >= 0.6 is 0 Å². The van der Waals surface area contributed by atoms with Crippen molar-refractivity contribution >= 4 is 0 Å². The number of tetrazole rings is 1. The molecule has 6 nitrogen and oxygen atoms in total. The van der Waals surface area contributed by atoms with Crippen LogP contribution in [0.4, 0.5) is 0 Å². The Labute approximate surface area is 130 Å². The molecule has 1 fully saturated rings. The van der Waals surface area contributed by atoms with Crippen molar-refractivity contribution in [2.75, 3.05) is 13.1 Å². The molecular weight excluding hydrogens is 278 g/mol. The highest BCUT2D eigenvalue weighted by molar-refractivity contribution is 5.30. The predicted octanol–water partition coefficient (Wildman–Crippen LogP) is 1.82. The van der Waals surface area contributed by atoms with Crippen molar-refractivity contribution in [2.24, 2.45) is 5.92 Å². The van der Waals surface area contributed by atoms with E-state index >= 15 is 0 Å². The molecule has 1 aromatic heterocycles. The van der Waals surface area contributed by atoms with Crippen LogP contribution < -0.4 is 0 Å². The summed E-state index contributed by atoms with van der Waals surface area (Å²) in [6.45, 7) is 5.93. The average Bonchev–Trinajstić information content (AvgIpc) is 3.04. The number of rotatable bonds is 4. The van der Waals surface area contributed by atoms with Gasteiger partial charge in [0, 0.05) is 6.54 Å². The Bertz CT molecular complexity index is 598. The maximum Gasteiger partial charge on any atom is 0.173 e. The molecule has 0 spiro atoms. The Morgan fingerprint density at radius 2 is 2.00 bits per heavy atom. The molecule has 0 saturated carbocycles. The smallest absolute Gasteiger partial charge is 0.173 e. The van der Waals surface area contributed by atoms with Crippen molar-refractivity contribution in [1.29, 1.82) is 0 Å². The Kier molecular flexibility index (Phi) is 4.49. The highest BCUT2D eigenvalue weighted by Crippen LogP contribution is 2.27. The third kappa shape index (κ3) is 3.03. The molecule has 0 aliphatic carbocycles. The van der Waals surface area contributed by atoms with Crippen molar-refractivity contribution in [3.05, 3.63) is 36.2 Å². The summed E-state index contributed by atoms with van der Waals surface area (Å²) < 4.78 is 1.80. The van der Waals surface area contributed by atoms with Gasteiger partial charge in [0.25, 0.3) is 0 Å². The van der Waals surface area contributed by atoms with Crippen LogP contribution in [0.25, 0.3) is 5.69 Å². The standard InChI is InChI=1S/C16H23N5O/c1-12(20-10-6-7-14(11-20)13(2)22)16-17-18-19-21(16)15-8-4-3-5-9-15/h3-5,8-9,12-14,22H,6-7,10-11H2,1-2H3. The number of para-hydroxylation sites is 1. The maximum absolute atomic E-state index is 9.87. The molecule has 3 unspecified atom stereocenters. The number of nitrogens with zero attached hydrogens (tertiary/aromatic N) is 5. The molecule has 1 aliphatic heterocycles. The molecule has 1 aliphatic rings. The summed E-state index contributed by atoms with van der Waals surface area (Å²) in [7, 11) is 0. The molecule has 3 rings (SSSR count). The minimum absolute atomic E-state index is 0.122. The van der Waals surface area contributed by atoms with Crippen LogP contribution in [-0.2, 0) is 0 Å². The molecule has 3 atom stereocenters. The highest BCUT2D eigenvalue weighted by atomic mass is 16.3. The number of hydrogen-bond donors (Lipinski definition) is 1. The number of aliphatic hydroxyl groups excluding tert-OH is 1. The molecule has 0 radical (unpaired) electrons. The molecule has 1 saturated heterocycles. The van der Waals surface area contributed by atoms with Gasteiger partial charge in [0.1, 0.15) is 0 Å². The number of aliphatic hydroxyl groups is 1. The van der Waals surface area contributed by atoms with Crippen molar-refractivity contribution in [3.63, 3.8) is 0 Å². The molecule has 1 aromatic carbocycles. The largest absolute Gasteiger partial charge is 0.393 e. The number of aromatic nitrogens is 4. The van der Waals surface area contributed by atoms with E-state index in [9.17, 15) is 5.11 Å². The first-order chi connectivity index (χ1) is 10.7. The monoisotopic (exact) mass is 301 g/mol. The minimum atomic E-state index is -0.264. The van der Waals surface area contributed by atoms with Crippen LogP contribution in [0.2, 0.25) is 0 Å². The SMILES string of the molecule is CC(O)C1CCCN(C(C)c2nnnn2-c2ccccc2)C1. The number of piperidine rings is 1. The van der Waals surface area contributed by atoms with Crippen LogP contribution in [0, 0.1) is 5.92 Å². The molecule has 1 N–H and O–H groups in total. The second-order valence-corrected chi connectivity index (χ2v) is 6.10. The first-order valence-electron chi connectivity index (χ1n) is 7.92. The maximum atomic E-state index is 9.87. The van der Waals surface area contributed by atoms with Crippen LogP contribution in [0.15, 0.2) is 30.3 Å². The molecule has 2 heterocycles. The predicted molar refractivity (Wildman–Crippen MR) is 83.5 cm³/mol. The quantitative estimate of drug-likeness (QED) is 0.933. The summed E-state index contributed by atoms with van der Waals surface area (Å²) in [6.07, 6.45) is 1.93. The molecule has 0 amide bonds. The van der Waals surface area contributed by atoms with E-state index in [1.54, 1.807) is 4.68 Å². The summed E-state index contributed by atoms with van der Waals surface area (Å²) in [5.41, 5.74) is 0.971. The van der Waals surface area contributed by atoms with E-state index in [1.165, 1.54) is 0 Å². The van der Waals surface area contributed by atoms with Crippen LogP contribution in [0.1, 0.15) is 38.6 Å². The lowest BCUT2D eigenvalue weighted by molar-refractivity contribution is 0.0450. The van der Waals surface area contributed by atoms with Gasteiger partial charge < -0.3 is 5.11 Å². The van der Waals surface area contributed by atoms with Crippen LogP contribution in [-0.4, -0.2) is 49.4 Å². The van der Waals surface area contributed by atoms with E-state index in [0.717, 1.165) is 37.4 Å². The molecule has 0 bridgehead atoms. The summed E-state index contributed by atoms with van der Waals surface area (Å²) in [4.78, 5) is 2.37. The Hall–Kier alpha value is -1.79. The Morgan fingerprint density at radius 1 is 1.23 bits per heavy atom. The van der Waals surface area contributed by atoms with E-state index < -0.39 is 0 Å². The van der Waals surface area contributed by atoms with Gasteiger partial charge >= 0.3 is 0 Å². The van der Waals surface area contributed by atoms with Crippen molar-refractivity contribution in [2.45, 2.75) is 38.8 Å². The van der Waals surface area contributed by atoms with Crippen LogP contribution in [0.5, 0.6) is 0 Å². The lowest BCUT2D eigenvalue weighted by Crippen LogP contribution is -2.41. The third-order valence-electron chi connectivity index (χ3n) is 4.59. The van der Waals surface area contributed by atoms with Crippen molar-refractivity contribution in [3.8, 4) is 5.69 Å². The first-order valence-corrected chi connectivity index (χ1v) is 7.92. The van der Waals surface area contributed by atoms with Crippen molar-refractivity contribution < 1.29 is 5.11 Å². The van der Waals surface area contributed by atoms with Gasteiger partial charge in [-0.25, -0.2) is 0 Å². The first kappa shape index (κ1) is 15.1. The summed E-state index contributed by atoms with van der Waals surface area (Å²) in [6, 6.07) is 10.1. The second-order valence-electron chi connectivity index (χ2n) is 6.10. The average molecular weight is 301 g/mol. The Balaban J connectivity index is 1.81. The van der Waals surface area contributed by atoms with Gasteiger partial charge in [0.15, 0.2) is 5.82 Å². The lowest BCUT2D eigenvalue weighted by atomic mass is 9.92. The fourth-order valence-corrected chi connectivity index (χ4v) is 3.16. The second kappa shape index (κ2) is 6.54. The zero-order chi connectivity index (χ0) is 15.5. The summed E-state index contributed by atoms with van der Waals surface area (Å²) in [5, 5.41) is 22.1. The summed E-state index contributed by atoms with van der Waals surface area (Å²) in [5.74, 6) is 1.18. The van der Waals surface area contributed by atoms with E-state index in [1.807, 2.05) is 37.3 Å². The molecular formula is C16H23N5O. The topological polar surface area (TPSA) is 67.1 Å². The lowest BCUT2D eigenvalue weighted by Gasteiger charge is -2.37.